The summed E-state index contributed by atoms with van der Waals surface area (Å²) in [5.41, 5.74) is 3.00. The van der Waals surface area contributed by atoms with Crippen LogP contribution in [-0.2, 0) is 18.4 Å². The molecule has 2 amide bonds. The molecule has 0 aliphatic rings. The van der Waals surface area contributed by atoms with Crippen LogP contribution in [0.3, 0.4) is 0 Å². The van der Waals surface area contributed by atoms with Crippen molar-refractivity contribution in [1.82, 2.24) is 20.4 Å². The Hall–Kier alpha value is -2.05. The smallest absolute Gasteiger partial charge is 0.315 e. The molecule has 118 valence electrons. The summed E-state index contributed by atoms with van der Waals surface area (Å²) in [6, 6.07) is -0.212. The lowest BCUT2D eigenvalue weighted by Gasteiger charge is -2.08. The number of carboxylic acid groups (broad SMARTS) is 1. The number of urea groups is 1. The van der Waals surface area contributed by atoms with E-state index in [2.05, 4.69) is 15.7 Å². The maximum Gasteiger partial charge on any atom is 0.315 e. The third kappa shape index (κ3) is 5.85. The second kappa shape index (κ2) is 8.28. The van der Waals surface area contributed by atoms with Crippen LogP contribution < -0.4 is 10.6 Å². The molecule has 0 radical (unpaired) electrons. The average molecular weight is 296 g/mol. The van der Waals surface area contributed by atoms with Gasteiger partial charge in [0.15, 0.2) is 0 Å². The third-order valence-electron chi connectivity index (χ3n) is 3.44. The quantitative estimate of drug-likeness (QED) is 0.633. The van der Waals surface area contributed by atoms with Gasteiger partial charge in [0, 0.05) is 37.8 Å². The molecule has 0 aliphatic carbocycles. The molecule has 0 aliphatic heterocycles. The highest BCUT2D eigenvalue weighted by Gasteiger charge is 2.10. The van der Waals surface area contributed by atoms with E-state index in [4.69, 9.17) is 5.11 Å². The van der Waals surface area contributed by atoms with Crippen molar-refractivity contribution in [2.24, 2.45) is 7.05 Å². The molecular formula is C14H24N4O3. The summed E-state index contributed by atoms with van der Waals surface area (Å²) in [5, 5.41) is 18.4. The van der Waals surface area contributed by atoms with E-state index in [1.165, 1.54) is 0 Å². The van der Waals surface area contributed by atoms with Crippen molar-refractivity contribution in [3.05, 3.63) is 17.0 Å². The van der Waals surface area contributed by atoms with Gasteiger partial charge >= 0.3 is 12.0 Å². The number of rotatable bonds is 8. The highest BCUT2D eigenvalue weighted by molar-refractivity contribution is 5.73. The lowest BCUT2D eigenvalue weighted by atomic mass is 10.2. The van der Waals surface area contributed by atoms with Crippen LogP contribution in [0.2, 0.25) is 0 Å². The molecule has 1 rings (SSSR count). The number of nitrogens with zero attached hydrogens (tertiary/aromatic N) is 2. The first kappa shape index (κ1) is 17.0. The van der Waals surface area contributed by atoms with Crippen LogP contribution in [0.1, 0.15) is 42.6 Å². The zero-order valence-corrected chi connectivity index (χ0v) is 12.9. The molecule has 0 bridgehead atoms. The SMILES string of the molecule is Cc1nn(C)c(C)c1CNC(=O)NCCCCCC(=O)O. The summed E-state index contributed by atoms with van der Waals surface area (Å²) in [7, 11) is 1.88. The number of aryl methyl sites for hydroxylation is 2. The van der Waals surface area contributed by atoms with Crippen LogP contribution in [0.5, 0.6) is 0 Å². The van der Waals surface area contributed by atoms with Crippen LogP contribution in [-0.4, -0.2) is 33.4 Å². The Morgan fingerprint density at radius 3 is 2.48 bits per heavy atom. The monoisotopic (exact) mass is 296 g/mol. The minimum atomic E-state index is -0.775. The first-order chi connectivity index (χ1) is 9.91. The van der Waals surface area contributed by atoms with Gasteiger partial charge in [-0.3, -0.25) is 9.48 Å². The number of amides is 2. The molecule has 1 aromatic rings. The third-order valence-corrected chi connectivity index (χ3v) is 3.44. The Morgan fingerprint density at radius 1 is 1.19 bits per heavy atom. The molecule has 7 nitrogen and oxygen atoms in total. The van der Waals surface area contributed by atoms with Crippen molar-refractivity contribution in [3.8, 4) is 0 Å². The van der Waals surface area contributed by atoms with Crippen molar-refractivity contribution < 1.29 is 14.7 Å². The maximum absolute atomic E-state index is 11.6. The molecule has 7 heteroatoms. The second-order valence-corrected chi connectivity index (χ2v) is 5.09. The Bertz CT molecular complexity index is 497. The molecule has 0 fully saturated rings. The number of nitrogens with one attached hydrogen (secondary N) is 2. The molecule has 0 unspecified atom stereocenters. The van der Waals surface area contributed by atoms with Gasteiger partial charge in [0.05, 0.1) is 5.69 Å². The van der Waals surface area contributed by atoms with Crippen LogP contribution in [0.25, 0.3) is 0 Å². The van der Waals surface area contributed by atoms with Crippen molar-refractivity contribution in [1.29, 1.82) is 0 Å². The summed E-state index contributed by atoms with van der Waals surface area (Å²) in [6.07, 6.45) is 2.41. The Labute approximate surface area is 124 Å². The van der Waals surface area contributed by atoms with Gasteiger partial charge in [-0.2, -0.15) is 5.10 Å². The van der Waals surface area contributed by atoms with Crippen molar-refractivity contribution in [2.45, 2.75) is 46.1 Å². The van der Waals surface area contributed by atoms with E-state index in [0.29, 0.717) is 19.5 Å². The fraction of sp³-hybridized carbons (Fsp3) is 0.643. The number of hydrogen-bond donors (Lipinski definition) is 3. The number of unbranched alkanes of at least 4 members (excludes halogenated alkanes) is 2. The molecule has 0 saturated heterocycles. The Morgan fingerprint density at radius 2 is 1.90 bits per heavy atom. The first-order valence-electron chi connectivity index (χ1n) is 7.14. The van der Waals surface area contributed by atoms with Gasteiger partial charge in [-0.15, -0.1) is 0 Å². The largest absolute Gasteiger partial charge is 0.481 e. The molecule has 0 spiro atoms. The molecule has 1 heterocycles. The van der Waals surface area contributed by atoms with Crippen molar-refractivity contribution in [2.75, 3.05) is 6.54 Å². The van der Waals surface area contributed by atoms with Gasteiger partial charge in [0.25, 0.3) is 0 Å². The number of aromatic nitrogens is 2. The number of carbonyl (C=O) groups excluding carboxylic acids is 1. The minimum absolute atomic E-state index is 0.186. The van der Waals surface area contributed by atoms with E-state index < -0.39 is 5.97 Å². The molecule has 21 heavy (non-hydrogen) atoms. The van der Waals surface area contributed by atoms with Crippen LogP contribution in [0.4, 0.5) is 4.79 Å². The van der Waals surface area contributed by atoms with E-state index >= 15 is 0 Å². The van der Waals surface area contributed by atoms with Gasteiger partial charge in [0.1, 0.15) is 0 Å². The molecule has 0 aromatic carbocycles. The van der Waals surface area contributed by atoms with Crippen molar-refractivity contribution >= 4 is 12.0 Å². The Balaban J connectivity index is 2.18. The van der Waals surface area contributed by atoms with E-state index in [-0.39, 0.29) is 12.5 Å². The number of carboxylic acids is 1. The molecule has 0 atom stereocenters. The molecular weight excluding hydrogens is 272 g/mol. The lowest BCUT2D eigenvalue weighted by molar-refractivity contribution is -0.137. The summed E-state index contributed by atoms with van der Waals surface area (Å²) in [5.74, 6) is -0.775. The minimum Gasteiger partial charge on any atom is -0.481 e. The Kier molecular flexibility index (Phi) is 6.71. The van der Waals surface area contributed by atoms with E-state index in [0.717, 1.165) is 29.8 Å². The number of carbonyl (C=O) groups is 2. The van der Waals surface area contributed by atoms with Gasteiger partial charge in [0.2, 0.25) is 0 Å². The zero-order valence-electron chi connectivity index (χ0n) is 12.9. The molecule has 1 aromatic heterocycles. The lowest BCUT2D eigenvalue weighted by Crippen LogP contribution is -2.35. The fourth-order valence-corrected chi connectivity index (χ4v) is 2.08. The fourth-order valence-electron chi connectivity index (χ4n) is 2.08. The predicted octanol–water partition coefficient (Wildman–Crippen LogP) is 1.48. The highest BCUT2D eigenvalue weighted by Crippen LogP contribution is 2.10. The van der Waals surface area contributed by atoms with Gasteiger partial charge in [-0.05, 0) is 26.7 Å². The second-order valence-electron chi connectivity index (χ2n) is 5.09. The zero-order chi connectivity index (χ0) is 15.8. The van der Waals surface area contributed by atoms with Crippen molar-refractivity contribution in [3.63, 3.8) is 0 Å². The summed E-state index contributed by atoms with van der Waals surface area (Å²) < 4.78 is 1.80. The summed E-state index contributed by atoms with van der Waals surface area (Å²) in [4.78, 5) is 22.0. The summed E-state index contributed by atoms with van der Waals surface area (Å²) in [6.45, 7) is 4.90. The standard InChI is InChI=1S/C14H24N4O3/c1-10-12(11(2)18(3)17-10)9-16-14(21)15-8-6-4-5-7-13(19)20/h4-9H2,1-3H3,(H,19,20)(H2,15,16,21). The van der Waals surface area contributed by atoms with Crippen LogP contribution in [0, 0.1) is 13.8 Å². The van der Waals surface area contributed by atoms with E-state index in [1.807, 2.05) is 20.9 Å². The van der Waals surface area contributed by atoms with E-state index in [9.17, 15) is 9.59 Å². The number of hydrogen-bond acceptors (Lipinski definition) is 3. The normalized spacial score (nSPS) is 10.4. The summed E-state index contributed by atoms with van der Waals surface area (Å²) >= 11 is 0. The predicted molar refractivity (Wildman–Crippen MR) is 79.0 cm³/mol. The number of aliphatic carboxylic acids is 1. The van der Waals surface area contributed by atoms with Crippen LogP contribution >= 0.6 is 0 Å². The molecule has 3 N–H and O–H groups in total. The van der Waals surface area contributed by atoms with E-state index in [1.54, 1.807) is 4.68 Å². The van der Waals surface area contributed by atoms with Gasteiger partial charge in [-0.1, -0.05) is 6.42 Å². The van der Waals surface area contributed by atoms with Gasteiger partial charge in [-0.25, -0.2) is 4.79 Å². The average Bonchev–Trinajstić information content (AvgIpc) is 2.65. The first-order valence-corrected chi connectivity index (χ1v) is 7.14. The highest BCUT2D eigenvalue weighted by atomic mass is 16.4. The topological polar surface area (TPSA) is 96.3 Å². The van der Waals surface area contributed by atoms with Gasteiger partial charge < -0.3 is 15.7 Å². The maximum atomic E-state index is 11.6. The molecule has 0 saturated carbocycles. The van der Waals surface area contributed by atoms with Crippen LogP contribution in [0.15, 0.2) is 0 Å².